The third-order valence-electron chi connectivity index (χ3n) is 3.17. The molecule has 2 aromatic heterocycles. The Bertz CT molecular complexity index is 717. The largest absolute Gasteiger partial charge is 0.338 e. The molecule has 0 aliphatic heterocycles. The Labute approximate surface area is 116 Å². The Morgan fingerprint density at radius 2 is 1.84 bits per heavy atom. The Kier molecular flexibility index (Phi) is 2.99. The van der Waals surface area contributed by atoms with Gasteiger partial charge in [-0.15, -0.1) is 0 Å². The van der Waals surface area contributed by atoms with Crippen molar-refractivity contribution in [3.8, 4) is 11.3 Å². The van der Waals surface area contributed by atoms with Crippen LogP contribution in [0.15, 0.2) is 43.0 Å². The minimum absolute atomic E-state index is 0.355. The SMILES string of the molecule is CC(C)n1c(-c2cncnc2)cc2cc(Cl)ccc21. The fourth-order valence-corrected chi connectivity index (χ4v) is 2.60. The minimum atomic E-state index is 0.355. The van der Waals surface area contributed by atoms with Crippen LogP contribution in [0.25, 0.3) is 22.2 Å². The quantitative estimate of drug-likeness (QED) is 0.694. The van der Waals surface area contributed by atoms with Crippen LogP contribution in [0.3, 0.4) is 0 Å². The highest BCUT2D eigenvalue weighted by atomic mass is 35.5. The topological polar surface area (TPSA) is 30.7 Å². The molecule has 3 nitrogen and oxygen atoms in total. The van der Waals surface area contributed by atoms with Crippen molar-refractivity contribution in [1.82, 2.24) is 14.5 Å². The van der Waals surface area contributed by atoms with Gasteiger partial charge in [-0.2, -0.15) is 0 Å². The molecule has 1 aromatic carbocycles. The number of benzene rings is 1. The Balaban J connectivity index is 2.32. The van der Waals surface area contributed by atoms with Crippen LogP contribution < -0.4 is 0 Å². The lowest BCUT2D eigenvalue weighted by Crippen LogP contribution is -2.02. The van der Waals surface area contributed by atoms with Crippen molar-refractivity contribution in [2.45, 2.75) is 19.9 Å². The van der Waals surface area contributed by atoms with Gasteiger partial charge in [0.2, 0.25) is 0 Å². The molecule has 0 aliphatic rings. The molecule has 3 aromatic rings. The predicted molar refractivity (Wildman–Crippen MR) is 78.4 cm³/mol. The van der Waals surface area contributed by atoms with E-state index in [0.717, 1.165) is 21.7 Å². The number of halogens is 1. The van der Waals surface area contributed by atoms with E-state index in [1.807, 2.05) is 24.5 Å². The average Bonchev–Trinajstić information content (AvgIpc) is 2.78. The Morgan fingerprint density at radius 1 is 1.11 bits per heavy atom. The molecule has 19 heavy (non-hydrogen) atoms. The highest BCUT2D eigenvalue weighted by molar-refractivity contribution is 6.31. The van der Waals surface area contributed by atoms with Gasteiger partial charge in [-0.1, -0.05) is 11.6 Å². The lowest BCUT2D eigenvalue weighted by Gasteiger charge is -2.14. The van der Waals surface area contributed by atoms with Gasteiger partial charge in [0.05, 0.1) is 5.69 Å². The minimum Gasteiger partial charge on any atom is -0.338 e. The van der Waals surface area contributed by atoms with Crippen molar-refractivity contribution in [1.29, 1.82) is 0 Å². The van der Waals surface area contributed by atoms with Crippen molar-refractivity contribution in [3.63, 3.8) is 0 Å². The zero-order chi connectivity index (χ0) is 13.4. The molecule has 0 unspecified atom stereocenters. The summed E-state index contributed by atoms with van der Waals surface area (Å²) in [4.78, 5) is 8.20. The molecule has 0 N–H and O–H groups in total. The van der Waals surface area contributed by atoms with E-state index >= 15 is 0 Å². The lowest BCUT2D eigenvalue weighted by atomic mass is 10.2. The van der Waals surface area contributed by atoms with Gasteiger partial charge in [0.15, 0.2) is 0 Å². The Morgan fingerprint density at radius 3 is 2.53 bits per heavy atom. The maximum Gasteiger partial charge on any atom is 0.115 e. The van der Waals surface area contributed by atoms with E-state index < -0.39 is 0 Å². The summed E-state index contributed by atoms with van der Waals surface area (Å²) in [5, 5.41) is 1.89. The molecule has 2 heterocycles. The maximum atomic E-state index is 6.07. The molecule has 3 rings (SSSR count). The molecule has 0 atom stereocenters. The summed E-state index contributed by atoms with van der Waals surface area (Å²) in [5.41, 5.74) is 3.31. The molecule has 96 valence electrons. The zero-order valence-corrected chi connectivity index (χ0v) is 11.6. The van der Waals surface area contributed by atoms with Crippen LogP contribution in [0.4, 0.5) is 0 Å². The van der Waals surface area contributed by atoms with Gasteiger partial charge in [0.25, 0.3) is 0 Å². The van der Waals surface area contributed by atoms with Crippen molar-refractivity contribution in [2.24, 2.45) is 0 Å². The maximum absolute atomic E-state index is 6.07. The first-order valence-corrected chi connectivity index (χ1v) is 6.60. The second kappa shape index (κ2) is 4.67. The fraction of sp³-hybridized carbons (Fsp3) is 0.200. The molecule has 0 radical (unpaired) electrons. The third-order valence-corrected chi connectivity index (χ3v) is 3.41. The van der Waals surface area contributed by atoms with Crippen molar-refractivity contribution in [3.05, 3.63) is 48.0 Å². The van der Waals surface area contributed by atoms with Crippen LogP contribution in [0.1, 0.15) is 19.9 Å². The van der Waals surface area contributed by atoms with E-state index in [2.05, 4.69) is 40.5 Å². The van der Waals surface area contributed by atoms with E-state index in [9.17, 15) is 0 Å². The number of hydrogen-bond donors (Lipinski definition) is 0. The normalized spacial score (nSPS) is 11.4. The number of nitrogens with zero attached hydrogens (tertiary/aromatic N) is 3. The smallest absolute Gasteiger partial charge is 0.115 e. The summed E-state index contributed by atoms with van der Waals surface area (Å²) in [7, 11) is 0. The molecule has 4 heteroatoms. The van der Waals surface area contributed by atoms with E-state index in [1.54, 1.807) is 6.33 Å². The van der Waals surface area contributed by atoms with Gasteiger partial charge >= 0.3 is 0 Å². The molecular formula is C15H14ClN3. The van der Waals surface area contributed by atoms with Crippen LogP contribution in [0.2, 0.25) is 5.02 Å². The average molecular weight is 272 g/mol. The van der Waals surface area contributed by atoms with Crippen LogP contribution in [0.5, 0.6) is 0 Å². The monoisotopic (exact) mass is 271 g/mol. The van der Waals surface area contributed by atoms with Crippen molar-refractivity contribution >= 4 is 22.5 Å². The fourth-order valence-electron chi connectivity index (χ4n) is 2.42. The first-order chi connectivity index (χ1) is 9.16. The molecule has 0 fully saturated rings. The van der Waals surface area contributed by atoms with Gasteiger partial charge in [-0.3, -0.25) is 0 Å². The van der Waals surface area contributed by atoms with Crippen molar-refractivity contribution < 1.29 is 0 Å². The number of fused-ring (bicyclic) bond motifs is 1. The summed E-state index contributed by atoms with van der Waals surface area (Å²) >= 11 is 6.07. The van der Waals surface area contributed by atoms with E-state index in [4.69, 9.17) is 11.6 Å². The van der Waals surface area contributed by atoms with Gasteiger partial charge in [-0.05, 0) is 38.1 Å². The number of rotatable bonds is 2. The molecule has 0 bridgehead atoms. The molecule has 0 aliphatic carbocycles. The summed E-state index contributed by atoms with van der Waals surface area (Å²) in [5.74, 6) is 0. The molecule has 0 amide bonds. The van der Waals surface area contributed by atoms with Crippen LogP contribution in [-0.4, -0.2) is 14.5 Å². The highest BCUT2D eigenvalue weighted by Gasteiger charge is 2.13. The second-order valence-corrected chi connectivity index (χ2v) is 5.26. The number of aromatic nitrogens is 3. The first kappa shape index (κ1) is 12.2. The van der Waals surface area contributed by atoms with Gasteiger partial charge in [-0.25, -0.2) is 9.97 Å². The standard InChI is InChI=1S/C15H14ClN3/c1-10(2)19-14-4-3-13(16)5-11(14)6-15(19)12-7-17-9-18-8-12/h3-10H,1-2H3. The van der Waals surface area contributed by atoms with Crippen LogP contribution in [-0.2, 0) is 0 Å². The van der Waals surface area contributed by atoms with Crippen molar-refractivity contribution in [2.75, 3.05) is 0 Å². The van der Waals surface area contributed by atoms with E-state index in [-0.39, 0.29) is 0 Å². The van der Waals surface area contributed by atoms with E-state index in [0.29, 0.717) is 6.04 Å². The Hall–Kier alpha value is -1.87. The molecule has 0 saturated carbocycles. The lowest BCUT2D eigenvalue weighted by molar-refractivity contribution is 0.628. The predicted octanol–water partition coefficient (Wildman–Crippen LogP) is 4.33. The van der Waals surface area contributed by atoms with Gasteiger partial charge in [0, 0.05) is 39.9 Å². The summed E-state index contributed by atoms with van der Waals surface area (Å²) in [6.07, 6.45) is 5.21. The first-order valence-electron chi connectivity index (χ1n) is 6.22. The van der Waals surface area contributed by atoms with Gasteiger partial charge < -0.3 is 4.57 Å². The molecular weight excluding hydrogens is 258 g/mol. The van der Waals surface area contributed by atoms with E-state index in [1.165, 1.54) is 5.52 Å². The third kappa shape index (κ3) is 2.10. The summed E-state index contributed by atoms with van der Waals surface area (Å²) in [6, 6.07) is 8.47. The summed E-state index contributed by atoms with van der Waals surface area (Å²) in [6.45, 7) is 4.34. The van der Waals surface area contributed by atoms with Crippen LogP contribution >= 0.6 is 11.6 Å². The summed E-state index contributed by atoms with van der Waals surface area (Å²) < 4.78 is 2.28. The van der Waals surface area contributed by atoms with Crippen LogP contribution in [0, 0.1) is 0 Å². The zero-order valence-electron chi connectivity index (χ0n) is 10.8. The number of hydrogen-bond acceptors (Lipinski definition) is 2. The van der Waals surface area contributed by atoms with Gasteiger partial charge in [0.1, 0.15) is 6.33 Å². The second-order valence-electron chi connectivity index (χ2n) is 4.82. The molecule has 0 spiro atoms. The highest BCUT2D eigenvalue weighted by Crippen LogP contribution is 2.32. The molecule has 0 saturated heterocycles.